The van der Waals surface area contributed by atoms with E-state index in [0.717, 1.165) is 12.1 Å². The number of amides is 1. The number of aliphatic carboxylic acids is 1. The first kappa shape index (κ1) is 15.5. The summed E-state index contributed by atoms with van der Waals surface area (Å²) in [7, 11) is 0. The number of carbonyl (C=O) groups is 2. The highest BCUT2D eigenvalue weighted by molar-refractivity contribution is 5.94. The molecule has 0 unspecified atom stereocenters. The van der Waals surface area contributed by atoms with Gasteiger partial charge in [-0.2, -0.15) is 0 Å². The van der Waals surface area contributed by atoms with E-state index in [2.05, 4.69) is 5.32 Å². The Labute approximate surface area is 113 Å². The van der Waals surface area contributed by atoms with Gasteiger partial charge in [-0.05, 0) is 18.9 Å². The topological polar surface area (TPSA) is 110 Å². The van der Waals surface area contributed by atoms with Crippen LogP contribution in [0.5, 0.6) is 0 Å². The average molecular weight is 284 g/mol. The van der Waals surface area contributed by atoms with Crippen LogP contribution in [-0.2, 0) is 4.79 Å². The van der Waals surface area contributed by atoms with Crippen molar-refractivity contribution >= 4 is 17.6 Å². The predicted octanol–water partition coefficient (Wildman–Crippen LogP) is 1.72. The van der Waals surface area contributed by atoms with Crippen molar-refractivity contribution < 1.29 is 24.0 Å². The van der Waals surface area contributed by atoms with Crippen LogP contribution < -0.4 is 5.32 Å². The summed E-state index contributed by atoms with van der Waals surface area (Å²) in [5.41, 5.74) is -0.714. The highest BCUT2D eigenvalue weighted by Gasteiger charge is 2.15. The molecule has 1 aromatic rings. The zero-order valence-corrected chi connectivity index (χ0v) is 10.5. The average Bonchev–Trinajstić information content (AvgIpc) is 2.37. The van der Waals surface area contributed by atoms with Gasteiger partial charge in [0.05, 0.1) is 16.6 Å². The van der Waals surface area contributed by atoms with E-state index in [1.54, 1.807) is 0 Å². The number of nitrogens with one attached hydrogen (secondary N) is 1. The number of nitrogens with zero attached hydrogens (tertiary/aromatic N) is 1. The van der Waals surface area contributed by atoms with Crippen molar-refractivity contribution in [3.63, 3.8) is 0 Å². The van der Waals surface area contributed by atoms with Crippen LogP contribution in [0.2, 0.25) is 0 Å². The smallest absolute Gasteiger partial charge is 0.303 e. The van der Waals surface area contributed by atoms with Crippen molar-refractivity contribution in [2.45, 2.75) is 19.3 Å². The highest BCUT2D eigenvalue weighted by atomic mass is 19.1. The second-order valence-electron chi connectivity index (χ2n) is 4.03. The first-order valence-corrected chi connectivity index (χ1v) is 5.85. The van der Waals surface area contributed by atoms with Crippen molar-refractivity contribution in [1.82, 2.24) is 5.32 Å². The third-order valence-electron chi connectivity index (χ3n) is 2.51. The molecule has 1 aromatic carbocycles. The minimum Gasteiger partial charge on any atom is -0.481 e. The third kappa shape index (κ3) is 4.63. The Bertz CT molecular complexity index is 533. The zero-order chi connectivity index (χ0) is 15.1. The van der Waals surface area contributed by atoms with Crippen molar-refractivity contribution in [1.29, 1.82) is 0 Å². The summed E-state index contributed by atoms with van der Waals surface area (Å²) in [5, 5.41) is 21.3. The molecular formula is C12H13FN2O5. The van der Waals surface area contributed by atoms with Crippen LogP contribution >= 0.6 is 0 Å². The normalized spacial score (nSPS) is 10.1. The van der Waals surface area contributed by atoms with Crippen molar-refractivity contribution in [2.75, 3.05) is 6.54 Å². The van der Waals surface area contributed by atoms with E-state index in [0.29, 0.717) is 18.9 Å². The summed E-state index contributed by atoms with van der Waals surface area (Å²) >= 11 is 0. The minimum atomic E-state index is -0.970. The van der Waals surface area contributed by atoms with Gasteiger partial charge in [-0.25, -0.2) is 4.39 Å². The number of benzene rings is 1. The lowest BCUT2D eigenvalue weighted by Crippen LogP contribution is -2.25. The molecule has 8 heteroatoms. The molecule has 1 rings (SSSR count). The van der Waals surface area contributed by atoms with Gasteiger partial charge in [-0.1, -0.05) is 0 Å². The SMILES string of the molecule is O=C(O)CCCCNC(=O)c1ccc([N+](=O)[O-])cc1F. The second-order valence-corrected chi connectivity index (χ2v) is 4.03. The maximum atomic E-state index is 13.5. The molecule has 0 bridgehead atoms. The van der Waals surface area contributed by atoms with E-state index in [4.69, 9.17) is 5.11 Å². The molecule has 0 saturated heterocycles. The summed E-state index contributed by atoms with van der Waals surface area (Å²) in [4.78, 5) is 31.5. The molecule has 0 heterocycles. The maximum Gasteiger partial charge on any atom is 0.303 e. The number of nitro groups is 1. The third-order valence-corrected chi connectivity index (χ3v) is 2.51. The molecule has 0 aliphatic rings. The molecule has 20 heavy (non-hydrogen) atoms. The standard InChI is InChI=1S/C12H13FN2O5/c13-10-7-8(15(19)20)4-5-9(10)12(18)14-6-2-1-3-11(16)17/h4-5,7H,1-3,6H2,(H,14,18)(H,16,17). The molecule has 0 saturated carbocycles. The molecular weight excluding hydrogens is 271 g/mol. The Hall–Kier alpha value is -2.51. The van der Waals surface area contributed by atoms with Gasteiger partial charge in [0.15, 0.2) is 0 Å². The maximum absolute atomic E-state index is 13.5. The Kier molecular flexibility index (Phi) is 5.57. The molecule has 0 spiro atoms. The summed E-state index contributed by atoms with van der Waals surface area (Å²) in [5.74, 6) is -2.58. The van der Waals surface area contributed by atoms with Crippen LogP contribution in [-0.4, -0.2) is 28.5 Å². The van der Waals surface area contributed by atoms with E-state index in [1.165, 1.54) is 0 Å². The van der Waals surface area contributed by atoms with Crippen LogP contribution in [0.1, 0.15) is 29.6 Å². The van der Waals surface area contributed by atoms with E-state index in [1.807, 2.05) is 0 Å². The lowest BCUT2D eigenvalue weighted by Gasteiger charge is -2.05. The molecule has 7 nitrogen and oxygen atoms in total. The first-order valence-electron chi connectivity index (χ1n) is 5.85. The van der Waals surface area contributed by atoms with Crippen LogP contribution in [0.25, 0.3) is 0 Å². The Balaban J connectivity index is 2.51. The van der Waals surface area contributed by atoms with Gasteiger partial charge in [0.1, 0.15) is 5.82 Å². The van der Waals surface area contributed by atoms with Gasteiger partial charge < -0.3 is 10.4 Å². The molecule has 0 fully saturated rings. The van der Waals surface area contributed by atoms with Crippen LogP contribution in [0, 0.1) is 15.9 Å². The number of carbonyl (C=O) groups excluding carboxylic acids is 1. The number of carboxylic acids is 1. The molecule has 108 valence electrons. The molecule has 2 N–H and O–H groups in total. The molecule has 0 aliphatic carbocycles. The lowest BCUT2D eigenvalue weighted by atomic mass is 10.1. The lowest BCUT2D eigenvalue weighted by molar-refractivity contribution is -0.385. The number of non-ortho nitro benzene ring substituents is 1. The predicted molar refractivity (Wildman–Crippen MR) is 66.9 cm³/mol. The monoisotopic (exact) mass is 284 g/mol. The van der Waals surface area contributed by atoms with Crippen molar-refractivity contribution in [3.05, 3.63) is 39.7 Å². The fourth-order valence-electron chi connectivity index (χ4n) is 1.50. The number of halogens is 1. The molecule has 0 atom stereocenters. The number of rotatable bonds is 7. The fraction of sp³-hybridized carbons (Fsp3) is 0.333. The molecule has 0 aromatic heterocycles. The Morgan fingerprint density at radius 1 is 1.35 bits per heavy atom. The van der Waals surface area contributed by atoms with Gasteiger partial charge in [0.2, 0.25) is 0 Å². The van der Waals surface area contributed by atoms with E-state index < -0.39 is 28.3 Å². The van der Waals surface area contributed by atoms with E-state index >= 15 is 0 Å². The number of hydrogen-bond acceptors (Lipinski definition) is 4. The Morgan fingerprint density at radius 2 is 2.05 bits per heavy atom. The van der Waals surface area contributed by atoms with Crippen molar-refractivity contribution in [2.24, 2.45) is 0 Å². The summed E-state index contributed by atoms with van der Waals surface area (Å²) in [6.45, 7) is 0.211. The fourth-order valence-corrected chi connectivity index (χ4v) is 1.50. The molecule has 0 radical (unpaired) electrons. The summed E-state index contributed by atoms with van der Waals surface area (Å²) in [6, 6.07) is 2.77. The molecule has 1 amide bonds. The number of nitro benzene ring substituents is 1. The summed E-state index contributed by atoms with van der Waals surface area (Å²) < 4.78 is 13.5. The van der Waals surface area contributed by atoms with Gasteiger partial charge in [-0.3, -0.25) is 19.7 Å². The van der Waals surface area contributed by atoms with Crippen LogP contribution in [0.15, 0.2) is 18.2 Å². The second kappa shape index (κ2) is 7.17. The van der Waals surface area contributed by atoms with Gasteiger partial charge >= 0.3 is 5.97 Å². The highest BCUT2D eigenvalue weighted by Crippen LogP contribution is 2.16. The van der Waals surface area contributed by atoms with Crippen molar-refractivity contribution in [3.8, 4) is 0 Å². The molecule has 0 aliphatic heterocycles. The number of carboxylic acid groups (broad SMARTS) is 1. The summed E-state index contributed by atoms with van der Waals surface area (Å²) in [6.07, 6.45) is 0.854. The van der Waals surface area contributed by atoms with E-state index in [9.17, 15) is 24.1 Å². The van der Waals surface area contributed by atoms with Gasteiger partial charge in [0, 0.05) is 19.0 Å². The van der Waals surface area contributed by atoms with Crippen LogP contribution in [0.4, 0.5) is 10.1 Å². The van der Waals surface area contributed by atoms with E-state index in [-0.39, 0.29) is 18.5 Å². The quantitative estimate of drug-likeness (QED) is 0.450. The van der Waals surface area contributed by atoms with Gasteiger partial charge in [-0.15, -0.1) is 0 Å². The number of hydrogen-bond donors (Lipinski definition) is 2. The zero-order valence-electron chi connectivity index (χ0n) is 10.5. The van der Waals surface area contributed by atoms with Crippen LogP contribution in [0.3, 0.4) is 0 Å². The van der Waals surface area contributed by atoms with Gasteiger partial charge in [0.25, 0.3) is 11.6 Å². The number of unbranched alkanes of at least 4 members (excludes halogenated alkanes) is 1. The Morgan fingerprint density at radius 3 is 2.60 bits per heavy atom. The first-order chi connectivity index (χ1) is 9.41. The largest absolute Gasteiger partial charge is 0.481 e. The minimum absolute atomic E-state index is 0.00175.